The molecule has 0 saturated carbocycles. The summed E-state index contributed by atoms with van der Waals surface area (Å²) in [5.41, 5.74) is 0.0987. The van der Waals surface area contributed by atoms with Crippen molar-refractivity contribution in [3.63, 3.8) is 0 Å². The summed E-state index contributed by atoms with van der Waals surface area (Å²) in [4.78, 5) is 17.1. The predicted molar refractivity (Wildman–Crippen MR) is 79.0 cm³/mol. The topological polar surface area (TPSA) is 71.3 Å². The van der Waals surface area contributed by atoms with E-state index in [4.69, 9.17) is 0 Å². The van der Waals surface area contributed by atoms with Crippen LogP contribution in [0.25, 0.3) is 0 Å². The van der Waals surface area contributed by atoms with Gasteiger partial charge in [0.15, 0.2) is 0 Å². The van der Waals surface area contributed by atoms with E-state index in [1.807, 2.05) is 0 Å². The molecule has 110 valence electrons. The first-order valence-electron chi connectivity index (χ1n) is 7.30. The summed E-state index contributed by atoms with van der Waals surface area (Å²) >= 11 is 0. The molecule has 1 fully saturated rings. The lowest BCUT2D eigenvalue weighted by Crippen LogP contribution is -2.38. The molecule has 2 heterocycles. The van der Waals surface area contributed by atoms with Crippen LogP contribution in [0.15, 0.2) is 18.3 Å². The van der Waals surface area contributed by atoms with Gasteiger partial charge in [-0.2, -0.15) is 0 Å². The van der Waals surface area contributed by atoms with Crippen LogP contribution in [0.4, 0.5) is 11.5 Å². The fourth-order valence-electron chi connectivity index (χ4n) is 2.59. The van der Waals surface area contributed by atoms with Crippen molar-refractivity contribution in [3.05, 3.63) is 28.4 Å². The van der Waals surface area contributed by atoms with Gasteiger partial charge in [-0.15, -0.1) is 0 Å². The Morgan fingerprint density at radius 2 is 2.45 bits per heavy atom. The van der Waals surface area contributed by atoms with Crippen molar-refractivity contribution in [3.8, 4) is 0 Å². The minimum absolute atomic E-state index is 0.0987. The van der Waals surface area contributed by atoms with Gasteiger partial charge in [0.1, 0.15) is 0 Å². The summed E-state index contributed by atoms with van der Waals surface area (Å²) < 4.78 is 0. The number of unbranched alkanes of at least 4 members (excludes halogenated alkanes) is 1. The molecule has 1 aromatic heterocycles. The third-order valence-electron chi connectivity index (χ3n) is 3.65. The third kappa shape index (κ3) is 3.66. The van der Waals surface area contributed by atoms with Gasteiger partial charge in [-0.3, -0.25) is 10.1 Å². The molecule has 1 N–H and O–H groups in total. The Bertz CT molecular complexity index is 447. The van der Waals surface area contributed by atoms with E-state index in [1.54, 1.807) is 12.3 Å². The number of hydrogen-bond donors (Lipinski definition) is 1. The minimum atomic E-state index is -0.344. The van der Waals surface area contributed by atoms with E-state index in [0.717, 1.165) is 38.9 Å². The Hall–Kier alpha value is -1.69. The van der Waals surface area contributed by atoms with Crippen LogP contribution in [0.5, 0.6) is 0 Å². The first-order valence-corrected chi connectivity index (χ1v) is 7.30. The van der Waals surface area contributed by atoms with Gasteiger partial charge in [0.2, 0.25) is 5.82 Å². The number of pyridine rings is 1. The average Bonchev–Trinajstić information content (AvgIpc) is 2.96. The molecule has 2 rings (SSSR count). The van der Waals surface area contributed by atoms with Gasteiger partial charge >= 0.3 is 5.69 Å². The molecule has 1 aliphatic rings. The highest BCUT2D eigenvalue weighted by Gasteiger charge is 2.24. The van der Waals surface area contributed by atoms with E-state index in [-0.39, 0.29) is 10.6 Å². The van der Waals surface area contributed by atoms with Crippen LogP contribution >= 0.6 is 0 Å². The average molecular weight is 278 g/mol. The quantitative estimate of drug-likeness (QED) is 0.612. The van der Waals surface area contributed by atoms with Crippen LogP contribution in [0.2, 0.25) is 0 Å². The minimum Gasteiger partial charge on any atom is -0.349 e. The summed E-state index contributed by atoms with van der Waals surface area (Å²) in [6, 6.07) is 3.56. The maximum atomic E-state index is 11.2. The van der Waals surface area contributed by atoms with E-state index in [1.165, 1.54) is 12.5 Å². The van der Waals surface area contributed by atoms with Gasteiger partial charge in [0.25, 0.3) is 0 Å². The van der Waals surface area contributed by atoms with Crippen molar-refractivity contribution in [2.75, 3.05) is 24.5 Å². The smallest absolute Gasteiger partial charge is 0.311 e. The summed E-state index contributed by atoms with van der Waals surface area (Å²) in [6.07, 6.45) is 6.01. The van der Waals surface area contributed by atoms with Crippen LogP contribution in [-0.4, -0.2) is 35.6 Å². The molecule has 0 amide bonds. The Balaban J connectivity index is 2.18. The van der Waals surface area contributed by atoms with E-state index in [9.17, 15) is 10.1 Å². The Labute approximate surface area is 119 Å². The van der Waals surface area contributed by atoms with Gasteiger partial charge in [0.05, 0.1) is 4.92 Å². The molecule has 0 bridgehead atoms. The molecular formula is C14H22N4O2. The summed E-state index contributed by atoms with van der Waals surface area (Å²) in [7, 11) is 0. The van der Waals surface area contributed by atoms with Crippen LogP contribution < -0.4 is 10.2 Å². The van der Waals surface area contributed by atoms with E-state index < -0.39 is 0 Å². The number of nitrogens with one attached hydrogen (secondary N) is 1. The van der Waals surface area contributed by atoms with E-state index in [2.05, 4.69) is 22.1 Å². The normalized spacial score (nSPS) is 18.1. The lowest BCUT2D eigenvalue weighted by Gasteiger charge is -2.26. The molecule has 1 aromatic rings. The highest BCUT2D eigenvalue weighted by atomic mass is 16.6. The molecular weight excluding hydrogens is 256 g/mol. The van der Waals surface area contributed by atoms with Crippen molar-refractivity contribution < 1.29 is 4.92 Å². The standard InChI is InChI=1S/C14H22N4O2/c1-2-3-10-17(11-12-6-4-8-15-12)14-13(18(19)20)7-5-9-16-14/h5,7,9,12,15H,2-4,6,8,10-11H2,1H3. The molecule has 6 nitrogen and oxygen atoms in total. The van der Waals surface area contributed by atoms with E-state index >= 15 is 0 Å². The first kappa shape index (κ1) is 14.7. The zero-order valence-corrected chi connectivity index (χ0v) is 11.9. The molecule has 6 heteroatoms. The summed E-state index contributed by atoms with van der Waals surface area (Å²) in [6.45, 7) is 4.76. The Kier molecular flexibility index (Phi) is 5.29. The lowest BCUT2D eigenvalue weighted by atomic mass is 10.2. The van der Waals surface area contributed by atoms with Gasteiger partial charge in [-0.25, -0.2) is 4.98 Å². The summed E-state index contributed by atoms with van der Waals surface area (Å²) in [5.74, 6) is 0.500. The Morgan fingerprint density at radius 1 is 1.60 bits per heavy atom. The predicted octanol–water partition coefficient (Wildman–Crippen LogP) is 2.35. The van der Waals surface area contributed by atoms with Crippen LogP contribution in [0, 0.1) is 10.1 Å². The number of anilines is 1. The molecule has 1 aliphatic heterocycles. The molecule has 0 spiro atoms. The highest BCUT2D eigenvalue weighted by Crippen LogP contribution is 2.26. The van der Waals surface area contributed by atoms with Gasteiger partial charge in [-0.05, 0) is 31.9 Å². The van der Waals surface area contributed by atoms with Crippen molar-refractivity contribution in [1.29, 1.82) is 0 Å². The van der Waals surface area contributed by atoms with Crippen molar-refractivity contribution in [2.45, 2.75) is 38.6 Å². The Morgan fingerprint density at radius 3 is 3.10 bits per heavy atom. The molecule has 1 saturated heterocycles. The van der Waals surface area contributed by atoms with Crippen LogP contribution in [-0.2, 0) is 0 Å². The third-order valence-corrected chi connectivity index (χ3v) is 3.65. The maximum Gasteiger partial charge on any atom is 0.311 e. The highest BCUT2D eigenvalue weighted by molar-refractivity contribution is 5.57. The van der Waals surface area contributed by atoms with Crippen molar-refractivity contribution >= 4 is 11.5 Å². The molecule has 0 aliphatic carbocycles. The van der Waals surface area contributed by atoms with Gasteiger partial charge in [0, 0.05) is 31.4 Å². The number of nitrogens with zero attached hydrogens (tertiary/aromatic N) is 3. The maximum absolute atomic E-state index is 11.2. The second-order valence-corrected chi connectivity index (χ2v) is 5.20. The number of nitro groups is 1. The zero-order chi connectivity index (χ0) is 14.4. The molecule has 0 radical (unpaired) electrons. The number of hydrogen-bond acceptors (Lipinski definition) is 5. The fourth-order valence-corrected chi connectivity index (χ4v) is 2.59. The molecule has 20 heavy (non-hydrogen) atoms. The molecule has 1 unspecified atom stereocenters. The number of aromatic nitrogens is 1. The van der Waals surface area contributed by atoms with Crippen LogP contribution in [0.3, 0.4) is 0 Å². The molecule has 0 aromatic carbocycles. The van der Waals surface area contributed by atoms with Crippen LogP contribution in [0.1, 0.15) is 32.6 Å². The fraction of sp³-hybridized carbons (Fsp3) is 0.643. The van der Waals surface area contributed by atoms with E-state index in [0.29, 0.717) is 11.9 Å². The zero-order valence-electron chi connectivity index (χ0n) is 11.9. The number of rotatable bonds is 7. The summed E-state index contributed by atoms with van der Waals surface area (Å²) in [5, 5.41) is 14.6. The monoisotopic (exact) mass is 278 g/mol. The largest absolute Gasteiger partial charge is 0.349 e. The van der Waals surface area contributed by atoms with Crippen molar-refractivity contribution in [1.82, 2.24) is 10.3 Å². The molecule has 1 atom stereocenters. The second kappa shape index (κ2) is 7.19. The first-order chi connectivity index (χ1) is 9.72. The van der Waals surface area contributed by atoms with Gasteiger partial charge in [-0.1, -0.05) is 13.3 Å². The van der Waals surface area contributed by atoms with Gasteiger partial charge < -0.3 is 10.2 Å². The SMILES string of the molecule is CCCCN(CC1CCCN1)c1ncccc1[N+](=O)[O-]. The second-order valence-electron chi connectivity index (χ2n) is 5.20. The van der Waals surface area contributed by atoms with Crippen molar-refractivity contribution in [2.24, 2.45) is 0 Å². The lowest BCUT2D eigenvalue weighted by molar-refractivity contribution is -0.384.